The third-order valence-electron chi connectivity index (χ3n) is 5.44. The van der Waals surface area contributed by atoms with Crippen molar-refractivity contribution >= 4 is 11.8 Å². The van der Waals surface area contributed by atoms with Crippen LogP contribution in [-0.4, -0.2) is 42.1 Å². The van der Waals surface area contributed by atoms with Gasteiger partial charge in [-0.2, -0.15) is 0 Å². The number of rotatable bonds is 10. The third kappa shape index (κ3) is 7.20. The molecule has 1 heterocycles. The average Bonchev–Trinajstić information content (AvgIpc) is 3.30. The summed E-state index contributed by atoms with van der Waals surface area (Å²) in [5, 5.41) is 6.78. The van der Waals surface area contributed by atoms with Gasteiger partial charge in [-0.25, -0.2) is 0 Å². The first kappa shape index (κ1) is 25.0. The zero-order chi connectivity index (χ0) is 24.6. The van der Waals surface area contributed by atoms with Crippen LogP contribution in [0, 0.1) is 5.41 Å². The second-order valence-corrected chi connectivity index (χ2v) is 9.24. The van der Waals surface area contributed by atoms with Crippen molar-refractivity contribution in [2.45, 2.75) is 40.2 Å². The lowest BCUT2D eigenvalue weighted by Crippen LogP contribution is -2.40. The molecular weight excluding hydrogens is 430 g/mol. The molecule has 0 radical (unpaired) electrons. The maximum absolute atomic E-state index is 13.0. The third-order valence-corrected chi connectivity index (χ3v) is 5.44. The summed E-state index contributed by atoms with van der Waals surface area (Å²) in [5.74, 6) is 0.989. The van der Waals surface area contributed by atoms with E-state index in [4.69, 9.17) is 9.26 Å². The number of carbonyl (C=O) groups is 2. The molecule has 0 saturated carbocycles. The molecule has 180 valence electrons. The first-order chi connectivity index (χ1) is 16.3. The summed E-state index contributed by atoms with van der Waals surface area (Å²) in [5.41, 5.74) is 1.93. The second-order valence-electron chi connectivity index (χ2n) is 9.24. The van der Waals surface area contributed by atoms with Crippen LogP contribution >= 0.6 is 0 Å². The summed E-state index contributed by atoms with van der Waals surface area (Å²) in [7, 11) is 1.63. The summed E-state index contributed by atoms with van der Waals surface area (Å²) in [6.07, 6.45) is 1.42. The van der Waals surface area contributed by atoms with Gasteiger partial charge in [0.1, 0.15) is 5.75 Å². The van der Waals surface area contributed by atoms with Crippen LogP contribution in [0.5, 0.6) is 5.75 Å². The minimum Gasteiger partial charge on any atom is -0.497 e. The Morgan fingerprint density at radius 2 is 1.68 bits per heavy atom. The largest absolute Gasteiger partial charge is 0.497 e. The zero-order valence-corrected chi connectivity index (χ0v) is 20.3. The van der Waals surface area contributed by atoms with Crippen LogP contribution in [0.3, 0.4) is 0 Å². The fourth-order valence-electron chi connectivity index (χ4n) is 3.52. The fraction of sp³-hybridized carbons (Fsp3) is 0.370. The minimum absolute atomic E-state index is 0.0188. The fourth-order valence-corrected chi connectivity index (χ4v) is 3.52. The highest BCUT2D eigenvalue weighted by Crippen LogP contribution is 2.20. The van der Waals surface area contributed by atoms with Gasteiger partial charge in [-0.1, -0.05) is 68.4 Å². The van der Waals surface area contributed by atoms with E-state index in [0.29, 0.717) is 25.3 Å². The number of nitrogens with zero attached hydrogens (tertiary/aromatic N) is 2. The van der Waals surface area contributed by atoms with Gasteiger partial charge in [0.05, 0.1) is 13.7 Å². The Bertz CT molecular complexity index is 1070. The number of nitrogens with one attached hydrogen (secondary N) is 1. The van der Waals surface area contributed by atoms with E-state index in [1.807, 2.05) is 75.4 Å². The molecule has 7 heteroatoms. The Hall–Kier alpha value is -3.61. The van der Waals surface area contributed by atoms with E-state index in [0.717, 1.165) is 23.3 Å². The predicted molar refractivity (Wildman–Crippen MR) is 131 cm³/mol. The zero-order valence-electron chi connectivity index (χ0n) is 20.3. The van der Waals surface area contributed by atoms with Crippen LogP contribution in [0.4, 0.5) is 0 Å². The van der Waals surface area contributed by atoms with Crippen molar-refractivity contribution in [1.29, 1.82) is 0 Å². The molecule has 34 heavy (non-hydrogen) atoms. The van der Waals surface area contributed by atoms with Crippen LogP contribution in [-0.2, 0) is 24.2 Å². The Kier molecular flexibility index (Phi) is 8.46. The second kappa shape index (κ2) is 11.5. The molecule has 0 fully saturated rings. The van der Waals surface area contributed by atoms with Crippen LogP contribution < -0.4 is 10.1 Å². The lowest BCUT2D eigenvalue weighted by molar-refractivity contribution is -0.140. The standard InChI is InChI=1S/C27H33N3O4/c1-27(2,3)26(32)30(17-15-20-8-6-5-7-9-20)19-23-18-24(29-34-23)25(31)28-16-14-21-10-12-22(33-4)13-11-21/h5-13,18H,14-17,19H2,1-4H3,(H,28,31). The van der Waals surface area contributed by atoms with Gasteiger partial charge in [0, 0.05) is 24.6 Å². The Labute approximate surface area is 201 Å². The molecule has 3 rings (SSSR count). The van der Waals surface area contributed by atoms with E-state index in [1.54, 1.807) is 18.1 Å². The van der Waals surface area contributed by atoms with Gasteiger partial charge < -0.3 is 19.5 Å². The number of amides is 2. The maximum atomic E-state index is 13.0. The summed E-state index contributed by atoms with van der Waals surface area (Å²) >= 11 is 0. The van der Waals surface area contributed by atoms with Crippen LogP contribution in [0.2, 0.25) is 0 Å². The molecule has 0 spiro atoms. The normalized spacial score (nSPS) is 11.2. The molecule has 0 aliphatic rings. The minimum atomic E-state index is -0.529. The summed E-state index contributed by atoms with van der Waals surface area (Å²) in [6.45, 7) is 6.96. The van der Waals surface area contributed by atoms with Crippen molar-refractivity contribution in [2.75, 3.05) is 20.2 Å². The van der Waals surface area contributed by atoms with E-state index >= 15 is 0 Å². The number of carbonyl (C=O) groups excluding carboxylic acids is 2. The SMILES string of the molecule is COc1ccc(CCNC(=O)c2cc(CN(CCc3ccccc3)C(=O)C(C)(C)C)on2)cc1. The monoisotopic (exact) mass is 463 g/mol. The molecule has 3 aromatic rings. The number of ether oxygens (including phenoxy) is 1. The lowest BCUT2D eigenvalue weighted by Gasteiger charge is -2.28. The van der Waals surface area contributed by atoms with Gasteiger partial charge in [0.15, 0.2) is 11.5 Å². The van der Waals surface area contributed by atoms with Gasteiger partial charge in [-0.15, -0.1) is 0 Å². The topological polar surface area (TPSA) is 84.7 Å². The molecule has 7 nitrogen and oxygen atoms in total. The first-order valence-corrected chi connectivity index (χ1v) is 11.5. The predicted octanol–water partition coefficient (Wildman–Crippen LogP) is 4.27. The molecule has 1 aromatic heterocycles. The molecule has 0 aliphatic heterocycles. The molecular formula is C27H33N3O4. The quantitative estimate of drug-likeness (QED) is 0.485. The average molecular weight is 464 g/mol. The Balaban J connectivity index is 1.57. The van der Waals surface area contributed by atoms with E-state index < -0.39 is 5.41 Å². The first-order valence-electron chi connectivity index (χ1n) is 11.5. The van der Waals surface area contributed by atoms with Crippen molar-refractivity contribution < 1.29 is 18.8 Å². The van der Waals surface area contributed by atoms with Crippen molar-refractivity contribution in [1.82, 2.24) is 15.4 Å². The van der Waals surface area contributed by atoms with Crippen molar-refractivity contribution in [3.63, 3.8) is 0 Å². The highest BCUT2D eigenvalue weighted by Gasteiger charge is 2.28. The molecule has 2 amide bonds. The maximum Gasteiger partial charge on any atom is 0.273 e. The summed E-state index contributed by atoms with van der Waals surface area (Å²) < 4.78 is 10.6. The van der Waals surface area contributed by atoms with Gasteiger partial charge in [0.25, 0.3) is 5.91 Å². The number of hydrogen-bond donors (Lipinski definition) is 1. The molecule has 0 aliphatic carbocycles. The van der Waals surface area contributed by atoms with Crippen LogP contribution in [0.25, 0.3) is 0 Å². The van der Waals surface area contributed by atoms with Gasteiger partial charge in [-0.3, -0.25) is 9.59 Å². The number of benzene rings is 2. The van der Waals surface area contributed by atoms with E-state index in [1.165, 1.54) is 0 Å². The summed E-state index contributed by atoms with van der Waals surface area (Å²) in [6, 6.07) is 19.4. The number of hydrogen-bond acceptors (Lipinski definition) is 5. The Morgan fingerprint density at radius 1 is 1.00 bits per heavy atom. The molecule has 0 unspecified atom stereocenters. The van der Waals surface area contributed by atoms with Crippen molar-refractivity contribution in [3.05, 3.63) is 83.2 Å². The Morgan fingerprint density at radius 3 is 2.32 bits per heavy atom. The van der Waals surface area contributed by atoms with Crippen LogP contribution in [0.15, 0.2) is 65.2 Å². The number of methoxy groups -OCH3 is 1. The molecule has 0 saturated heterocycles. The van der Waals surface area contributed by atoms with E-state index in [-0.39, 0.29) is 24.1 Å². The highest BCUT2D eigenvalue weighted by atomic mass is 16.5. The van der Waals surface area contributed by atoms with Gasteiger partial charge in [0.2, 0.25) is 5.91 Å². The summed E-state index contributed by atoms with van der Waals surface area (Å²) in [4.78, 5) is 27.3. The molecule has 0 bridgehead atoms. The van der Waals surface area contributed by atoms with Crippen molar-refractivity contribution in [3.8, 4) is 5.75 Å². The number of aromatic nitrogens is 1. The van der Waals surface area contributed by atoms with E-state index in [2.05, 4.69) is 10.5 Å². The lowest BCUT2D eigenvalue weighted by atomic mass is 9.94. The smallest absolute Gasteiger partial charge is 0.273 e. The highest BCUT2D eigenvalue weighted by molar-refractivity contribution is 5.92. The van der Waals surface area contributed by atoms with Crippen LogP contribution in [0.1, 0.15) is 48.1 Å². The van der Waals surface area contributed by atoms with E-state index in [9.17, 15) is 9.59 Å². The van der Waals surface area contributed by atoms with Crippen molar-refractivity contribution in [2.24, 2.45) is 5.41 Å². The van der Waals surface area contributed by atoms with Gasteiger partial charge >= 0.3 is 0 Å². The molecule has 0 atom stereocenters. The molecule has 1 N–H and O–H groups in total. The molecule has 2 aromatic carbocycles. The van der Waals surface area contributed by atoms with Gasteiger partial charge in [-0.05, 0) is 36.1 Å².